The number of benzene rings is 2. The van der Waals surface area contributed by atoms with E-state index in [2.05, 4.69) is 10.6 Å². The maximum absolute atomic E-state index is 12.1. The molecule has 126 valence electrons. The molecule has 0 saturated heterocycles. The van der Waals surface area contributed by atoms with E-state index >= 15 is 0 Å². The van der Waals surface area contributed by atoms with Crippen LogP contribution in [-0.2, 0) is 9.59 Å². The van der Waals surface area contributed by atoms with E-state index in [4.69, 9.17) is 0 Å². The fraction of sp³-hybridized carbons (Fsp3) is 0.263. The van der Waals surface area contributed by atoms with Crippen LogP contribution in [0.4, 0.5) is 11.4 Å². The van der Waals surface area contributed by atoms with Crippen molar-refractivity contribution in [2.45, 2.75) is 26.4 Å². The van der Waals surface area contributed by atoms with Crippen LogP contribution >= 0.6 is 0 Å². The van der Waals surface area contributed by atoms with Crippen molar-refractivity contribution in [2.75, 3.05) is 10.6 Å². The summed E-state index contributed by atoms with van der Waals surface area (Å²) >= 11 is 0. The number of amides is 2. The summed E-state index contributed by atoms with van der Waals surface area (Å²) < 4.78 is 0. The predicted octanol–water partition coefficient (Wildman–Crippen LogP) is 3.34. The molecule has 0 spiro atoms. The Labute approximate surface area is 141 Å². The van der Waals surface area contributed by atoms with E-state index in [1.165, 1.54) is 0 Å². The summed E-state index contributed by atoms with van der Waals surface area (Å²) in [5.41, 5.74) is 1.89. The van der Waals surface area contributed by atoms with Crippen molar-refractivity contribution in [3.63, 3.8) is 0 Å². The second-order valence-corrected chi connectivity index (χ2v) is 5.90. The predicted molar refractivity (Wildman–Crippen MR) is 94.6 cm³/mol. The van der Waals surface area contributed by atoms with Crippen LogP contribution in [0.15, 0.2) is 54.6 Å². The summed E-state index contributed by atoms with van der Waals surface area (Å²) in [5.74, 6) is -0.499. The summed E-state index contributed by atoms with van der Waals surface area (Å²) in [5, 5.41) is 15.6. The maximum atomic E-state index is 12.1. The molecule has 1 unspecified atom stereocenters. The first-order valence-corrected chi connectivity index (χ1v) is 7.89. The van der Waals surface area contributed by atoms with Gasteiger partial charge in [0.15, 0.2) is 0 Å². The molecule has 0 aliphatic carbocycles. The minimum atomic E-state index is -0.852. The third-order valence-electron chi connectivity index (χ3n) is 3.50. The van der Waals surface area contributed by atoms with Gasteiger partial charge < -0.3 is 15.7 Å². The lowest BCUT2D eigenvalue weighted by Gasteiger charge is -2.12. The van der Waals surface area contributed by atoms with Crippen molar-refractivity contribution < 1.29 is 14.7 Å². The van der Waals surface area contributed by atoms with E-state index in [1.54, 1.807) is 36.4 Å². The van der Waals surface area contributed by atoms with Crippen LogP contribution in [0.25, 0.3) is 0 Å². The molecule has 24 heavy (non-hydrogen) atoms. The molecule has 5 nitrogen and oxygen atoms in total. The quantitative estimate of drug-likeness (QED) is 0.762. The normalized spacial score (nSPS) is 11.8. The van der Waals surface area contributed by atoms with Gasteiger partial charge in [-0.2, -0.15) is 0 Å². The SMILES string of the molecule is CC(C)C(=O)Nc1cccc(NC(=O)CC(O)c2ccccc2)c1. The summed E-state index contributed by atoms with van der Waals surface area (Å²) in [4.78, 5) is 23.8. The van der Waals surface area contributed by atoms with Crippen molar-refractivity contribution in [1.29, 1.82) is 0 Å². The second kappa shape index (κ2) is 8.26. The van der Waals surface area contributed by atoms with Crippen molar-refractivity contribution in [3.05, 3.63) is 60.2 Å². The molecule has 2 amide bonds. The summed E-state index contributed by atoms with van der Waals surface area (Å²) in [6.07, 6.45) is -0.887. The van der Waals surface area contributed by atoms with Crippen LogP contribution in [-0.4, -0.2) is 16.9 Å². The highest BCUT2D eigenvalue weighted by molar-refractivity contribution is 5.94. The molecule has 0 aromatic heterocycles. The average molecular weight is 326 g/mol. The first-order valence-electron chi connectivity index (χ1n) is 7.89. The maximum Gasteiger partial charge on any atom is 0.227 e. The van der Waals surface area contributed by atoms with Gasteiger partial charge in [-0.3, -0.25) is 9.59 Å². The van der Waals surface area contributed by atoms with Gasteiger partial charge in [0.05, 0.1) is 12.5 Å². The van der Waals surface area contributed by atoms with Gasteiger partial charge in [-0.1, -0.05) is 50.2 Å². The zero-order chi connectivity index (χ0) is 17.5. The zero-order valence-corrected chi connectivity index (χ0v) is 13.8. The number of rotatable bonds is 6. The molecular formula is C19H22N2O3. The minimum Gasteiger partial charge on any atom is -0.388 e. The van der Waals surface area contributed by atoms with Gasteiger partial charge in [0.1, 0.15) is 0 Å². The highest BCUT2D eigenvalue weighted by Crippen LogP contribution is 2.19. The fourth-order valence-corrected chi connectivity index (χ4v) is 2.14. The molecule has 5 heteroatoms. The number of carbonyl (C=O) groups excluding carboxylic acids is 2. The Bertz CT molecular complexity index is 699. The van der Waals surface area contributed by atoms with Crippen molar-refractivity contribution in [2.24, 2.45) is 5.92 Å². The van der Waals surface area contributed by atoms with Crippen LogP contribution in [0.2, 0.25) is 0 Å². The van der Waals surface area contributed by atoms with Crippen LogP contribution < -0.4 is 10.6 Å². The Hall–Kier alpha value is -2.66. The molecule has 3 N–H and O–H groups in total. The van der Waals surface area contributed by atoms with Gasteiger partial charge in [-0.25, -0.2) is 0 Å². The van der Waals surface area contributed by atoms with E-state index in [1.807, 2.05) is 32.0 Å². The first kappa shape index (κ1) is 17.7. The molecule has 0 aliphatic heterocycles. The molecule has 0 heterocycles. The molecular weight excluding hydrogens is 304 g/mol. The van der Waals surface area contributed by atoms with Crippen molar-refractivity contribution >= 4 is 23.2 Å². The average Bonchev–Trinajstić information content (AvgIpc) is 2.55. The molecule has 0 radical (unpaired) electrons. The molecule has 2 rings (SSSR count). The Kier molecular flexibility index (Phi) is 6.09. The number of aliphatic hydroxyl groups is 1. The number of carbonyl (C=O) groups is 2. The Morgan fingerprint density at radius 2 is 1.58 bits per heavy atom. The molecule has 0 fully saturated rings. The monoisotopic (exact) mass is 326 g/mol. The molecule has 0 saturated carbocycles. The van der Waals surface area contributed by atoms with Crippen molar-refractivity contribution in [1.82, 2.24) is 0 Å². The summed E-state index contributed by atoms with van der Waals surface area (Å²) in [7, 11) is 0. The number of aliphatic hydroxyl groups excluding tert-OH is 1. The third kappa shape index (κ3) is 5.21. The van der Waals surface area contributed by atoms with E-state index in [9.17, 15) is 14.7 Å². The zero-order valence-electron chi connectivity index (χ0n) is 13.8. The van der Waals surface area contributed by atoms with Crippen LogP contribution in [0, 0.1) is 5.92 Å². The van der Waals surface area contributed by atoms with E-state index in [-0.39, 0.29) is 24.2 Å². The van der Waals surface area contributed by atoms with Crippen LogP contribution in [0.1, 0.15) is 31.9 Å². The van der Waals surface area contributed by atoms with Crippen LogP contribution in [0.5, 0.6) is 0 Å². The largest absolute Gasteiger partial charge is 0.388 e. The summed E-state index contributed by atoms with van der Waals surface area (Å²) in [6.45, 7) is 3.62. The van der Waals surface area contributed by atoms with Gasteiger partial charge >= 0.3 is 0 Å². The van der Waals surface area contributed by atoms with Crippen LogP contribution in [0.3, 0.4) is 0 Å². The van der Waals surface area contributed by atoms with E-state index in [0.717, 1.165) is 0 Å². The van der Waals surface area contributed by atoms with Gasteiger partial charge in [0, 0.05) is 17.3 Å². The van der Waals surface area contributed by atoms with E-state index < -0.39 is 6.10 Å². The highest BCUT2D eigenvalue weighted by Gasteiger charge is 2.13. The number of hydrogen-bond donors (Lipinski definition) is 3. The third-order valence-corrected chi connectivity index (χ3v) is 3.50. The smallest absolute Gasteiger partial charge is 0.227 e. The second-order valence-electron chi connectivity index (χ2n) is 5.90. The van der Waals surface area contributed by atoms with Crippen molar-refractivity contribution in [3.8, 4) is 0 Å². The Morgan fingerprint density at radius 3 is 2.21 bits per heavy atom. The highest BCUT2D eigenvalue weighted by atomic mass is 16.3. The standard InChI is InChI=1S/C19H22N2O3/c1-13(2)19(24)21-16-10-6-9-15(11-16)20-18(23)12-17(22)14-7-4-3-5-8-14/h3-11,13,17,22H,12H2,1-2H3,(H,20,23)(H,21,24). The Morgan fingerprint density at radius 1 is 0.958 bits per heavy atom. The fourth-order valence-electron chi connectivity index (χ4n) is 2.14. The minimum absolute atomic E-state index is 0.0351. The van der Waals surface area contributed by atoms with Gasteiger partial charge in [0.25, 0.3) is 0 Å². The lowest BCUT2D eigenvalue weighted by atomic mass is 10.1. The first-order chi connectivity index (χ1) is 11.5. The van der Waals surface area contributed by atoms with Gasteiger partial charge in [-0.05, 0) is 23.8 Å². The molecule has 0 bridgehead atoms. The van der Waals surface area contributed by atoms with Gasteiger partial charge in [-0.15, -0.1) is 0 Å². The van der Waals surface area contributed by atoms with E-state index in [0.29, 0.717) is 16.9 Å². The lowest BCUT2D eigenvalue weighted by molar-refractivity contribution is -0.119. The number of hydrogen-bond acceptors (Lipinski definition) is 3. The molecule has 2 aromatic rings. The Balaban J connectivity index is 1.95. The number of nitrogens with one attached hydrogen (secondary N) is 2. The molecule has 0 aliphatic rings. The van der Waals surface area contributed by atoms with Gasteiger partial charge in [0.2, 0.25) is 11.8 Å². The summed E-state index contributed by atoms with van der Waals surface area (Å²) in [6, 6.07) is 16.0. The molecule has 2 aromatic carbocycles. The number of anilines is 2. The molecule has 1 atom stereocenters. The topological polar surface area (TPSA) is 78.4 Å². The lowest BCUT2D eigenvalue weighted by Crippen LogP contribution is -2.18.